The lowest BCUT2D eigenvalue weighted by Gasteiger charge is -2.23. The second kappa shape index (κ2) is 7.39. The van der Waals surface area contributed by atoms with Crippen molar-refractivity contribution in [3.63, 3.8) is 0 Å². The quantitative estimate of drug-likeness (QED) is 0.512. The number of Topliss-reactive ketones (excluding diaryl/α,β-unsaturated/α-hetero) is 1. The van der Waals surface area contributed by atoms with Crippen molar-refractivity contribution < 1.29 is 15.1 Å². The first-order chi connectivity index (χ1) is 15.0. The highest BCUT2D eigenvalue weighted by atomic mass is 16.8. The number of aliphatic imine (C=N–C) groups is 1. The highest BCUT2D eigenvalue weighted by Gasteiger charge is 2.34. The maximum Gasteiger partial charge on any atom is 0.199 e. The Morgan fingerprint density at radius 1 is 0.968 bits per heavy atom. The minimum Gasteiger partial charge on any atom is -0.733 e. The van der Waals surface area contributed by atoms with Crippen molar-refractivity contribution >= 4 is 34.3 Å². The molecule has 0 saturated heterocycles. The summed E-state index contributed by atoms with van der Waals surface area (Å²) in [6.07, 6.45) is 0.341. The Hall–Kier alpha value is -3.94. The second-order valence-electron chi connectivity index (χ2n) is 7.44. The zero-order valence-corrected chi connectivity index (χ0v) is 16.3. The molecule has 0 fully saturated rings. The molecule has 0 radical (unpaired) electrons. The SMILES string of the molecule is O=C1C(C2=Nc3ccccc3N[C@H](c3ccc(N([O-])O)cc3)C2)=C(O)c2ccccc21. The number of nitrogens with one attached hydrogen (secondary N) is 1. The third-order valence-corrected chi connectivity index (χ3v) is 5.58. The number of benzene rings is 3. The lowest BCUT2D eigenvalue weighted by atomic mass is 9.95. The summed E-state index contributed by atoms with van der Waals surface area (Å²) in [5, 5.41) is 34.3. The molecule has 7 heteroatoms. The molecule has 0 saturated carbocycles. The van der Waals surface area contributed by atoms with Crippen LogP contribution in [0.3, 0.4) is 0 Å². The van der Waals surface area contributed by atoms with Crippen molar-refractivity contribution in [1.82, 2.24) is 0 Å². The zero-order chi connectivity index (χ0) is 21.5. The molecule has 3 N–H and O–H groups in total. The van der Waals surface area contributed by atoms with E-state index < -0.39 is 0 Å². The molecule has 0 amide bonds. The molecular formula is C24H18N3O4-. The maximum atomic E-state index is 13.1. The van der Waals surface area contributed by atoms with Crippen LogP contribution in [0.15, 0.2) is 83.4 Å². The molecule has 0 unspecified atom stereocenters. The van der Waals surface area contributed by atoms with Crippen LogP contribution in [0.1, 0.15) is 33.9 Å². The summed E-state index contributed by atoms with van der Waals surface area (Å²) in [6.45, 7) is 0. The van der Waals surface area contributed by atoms with Crippen LogP contribution < -0.4 is 10.5 Å². The molecular weight excluding hydrogens is 394 g/mol. The van der Waals surface area contributed by atoms with E-state index in [-0.39, 0.29) is 34.1 Å². The summed E-state index contributed by atoms with van der Waals surface area (Å²) in [5.41, 5.74) is 4.09. The molecule has 1 heterocycles. The number of hydrogen-bond acceptors (Lipinski definition) is 7. The van der Waals surface area contributed by atoms with E-state index in [9.17, 15) is 15.1 Å². The predicted molar refractivity (Wildman–Crippen MR) is 119 cm³/mol. The zero-order valence-electron chi connectivity index (χ0n) is 16.3. The second-order valence-corrected chi connectivity index (χ2v) is 7.44. The Kier molecular flexibility index (Phi) is 4.54. The molecule has 2 aliphatic rings. The van der Waals surface area contributed by atoms with E-state index in [1.807, 2.05) is 24.3 Å². The maximum absolute atomic E-state index is 13.1. The number of rotatable bonds is 3. The Labute approximate surface area is 178 Å². The number of nitrogens with zero attached hydrogens (tertiary/aromatic N) is 2. The Balaban J connectivity index is 1.60. The topological polar surface area (TPSA) is 108 Å². The molecule has 0 spiro atoms. The van der Waals surface area contributed by atoms with Crippen molar-refractivity contribution in [1.29, 1.82) is 0 Å². The monoisotopic (exact) mass is 412 g/mol. The van der Waals surface area contributed by atoms with Gasteiger partial charge in [0.15, 0.2) is 5.78 Å². The van der Waals surface area contributed by atoms with E-state index in [2.05, 4.69) is 5.32 Å². The average molecular weight is 412 g/mol. The lowest BCUT2D eigenvalue weighted by Crippen LogP contribution is -2.18. The number of carbonyl (C=O) groups excluding carboxylic acids is 1. The standard InChI is InChI=1S/C24H18N3O4/c28-23-16-5-1-2-6-17(16)24(29)22(23)21-13-20(14-9-11-15(12-10-14)27(30)31)25-18-7-3-4-8-19(18)26-21/h1-12,20,25,28,30H,13H2/q-1/t20-/m0/s1. The number of fused-ring (bicyclic) bond motifs is 2. The van der Waals surface area contributed by atoms with Gasteiger partial charge in [-0.3, -0.25) is 15.0 Å². The molecule has 154 valence electrons. The fourth-order valence-electron chi connectivity index (χ4n) is 4.04. The molecule has 1 atom stereocenters. The van der Waals surface area contributed by atoms with Crippen molar-refractivity contribution in [3.05, 3.63) is 100 Å². The third-order valence-electron chi connectivity index (χ3n) is 5.58. The van der Waals surface area contributed by atoms with E-state index >= 15 is 0 Å². The summed E-state index contributed by atoms with van der Waals surface area (Å²) in [7, 11) is 0. The van der Waals surface area contributed by atoms with Gasteiger partial charge in [-0.05, 0) is 29.8 Å². The molecule has 31 heavy (non-hydrogen) atoms. The molecule has 3 aromatic rings. The van der Waals surface area contributed by atoms with Crippen LogP contribution in [0.25, 0.3) is 5.76 Å². The normalized spacial score (nSPS) is 17.4. The van der Waals surface area contributed by atoms with E-state index in [1.165, 1.54) is 12.1 Å². The Bertz CT molecular complexity index is 1250. The summed E-state index contributed by atoms with van der Waals surface area (Å²) in [4.78, 5) is 17.9. The smallest absolute Gasteiger partial charge is 0.199 e. The number of aliphatic hydroxyl groups is 1. The number of aliphatic hydroxyl groups excluding tert-OH is 1. The third kappa shape index (κ3) is 3.26. The van der Waals surface area contributed by atoms with Gasteiger partial charge in [0.2, 0.25) is 0 Å². The fourth-order valence-corrected chi connectivity index (χ4v) is 4.04. The molecule has 0 aromatic heterocycles. The van der Waals surface area contributed by atoms with Gasteiger partial charge in [-0.15, -0.1) is 0 Å². The molecule has 0 bridgehead atoms. The van der Waals surface area contributed by atoms with Crippen LogP contribution in [-0.4, -0.2) is 21.8 Å². The average Bonchev–Trinajstić information content (AvgIpc) is 2.93. The van der Waals surface area contributed by atoms with Gasteiger partial charge in [0, 0.05) is 17.5 Å². The summed E-state index contributed by atoms with van der Waals surface area (Å²) in [6, 6.07) is 20.7. The van der Waals surface area contributed by atoms with E-state index in [1.54, 1.807) is 36.4 Å². The van der Waals surface area contributed by atoms with Gasteiger partial charge in [-0.1, -0.05) is 48.5 Å². The van der Waals surface area contributed by atoms with E-state index in [0.717, 1.165) is 11.3 Å². The predicted octanol–water partition coefficient (Wildman–Crippen LogP) is 5.18. The molecule has 7 nitrogen and oxygen atoms in total. The van der Waals surface area contributed by atoms with Crippen LogP contribution in [0.4, 0.5) is 17.1 Å². The first-order valence-corrected chi connectivity index (χ1v) is 9.80. The number of allylic oxidation sites excluding steroid dienone is 1. The van der Waals surface area contributed by atoms with Crippen LogP contribution in [0.5, 0.6) is 0 Å². The Morgan fingerprint density at radius 3 is 2.35 bits per heavy atom. The van der Waals surface area contributed by atoms with Gasteiger partial charge in [0.1, 0.15) is 5.76 Å². The number of para-hydroxylation sites is 2. The minimum atomic E-state index is -0.271. The van der Waals surface area contributed by atoms with Crippen molar-refractivity contribution in [3.8, 4) is 0 Å². The van der Waals surface area contributed by atoms with Gasteiger partial charge >= 0.3 is 0 Å². The first-order valence-electron chi connectivity index (χ1n) is 9.80. The van der Waals surface area contributed by atoms with Crippen LogP contribution in [-0.2, 0) is 0 Å². The number of hydrogen-bond donors (Lipinski definition) is 3. The van der Waals surface area contributed by atoms with E-state index in [4.69, 9.17) is 10.2 Å². The lowest BCUT2D eigenvalue weighted by molar-refractivity contribution is 0.104. The van der Waals surface area contributed by atoms with Crippen molar-refractivity contribution in [2.45, 2.75) is 12.5 Å². The Morgan fingerprint density at radius 2 is 1.65 bits per heavy atom. The summed E-state index contributed by atoms with van der Waals surface area (Å²) >= 11 is 0. The largest absolute Gasteiger partial charge is 0.733 e. The molecule has 1 aliphatic carbocycles. The first kappa shape index (κ1) is 19.0. The highest BCUT2D eigenvalue weighted by molar-refractivity contribution is 6.36. The summed E-state index contributed by atoms with van der Waals surface area (Å²) < 4.78 is 0. The van der Waals surface area contributed by atoms with Gasteiger partial charge in [-0.2, -0.15) is 0 Å². The van der Waals surface area contributed by atoms with Crippen molar-refractivity contribution in [2.24, 2.45) is 4.99 Å². The molecule has 1 aliphatic heterocycles. The van der Waals surface area contributed by atoms with Crippen LogP contribution in [0, 0.1) is 5.21 Å². The van der Waals surface area contributed by atoms with E-state index in [0.29, 0.717) is 28.9 Å². The number of ketones is 1. The molecule has 5 rings (SSSR count). The van der Waals surface area contributed by atoms with Gasteiger partial charge in [0.05, 0.1) is 34.4 Å². The van der Waals surface area contributed by atoms with Gasteiger partial charge in [0.25, 0.3) is 0 Å². The van der Waals surface area contributed by atoms with Crippen LogP contribution in [0.2, 0.25) is 0 Å². The van der Waals surface area contributed by atoms with Gasteiger partial charge < -0.3 is 20.9 Å². The van der Waals surface area contributed by atoms with Crippen LogP contribution >= 0.6 is 0 Å². The van der Waals surface area contributed by atoms with Gasteiger partial charge in [-0.25, -0.2) is 0 Å². The van der Waals surface area contributed by atoms with Crippen molar-refractivity contribution in [2.75, 3.05) is 10.5 Å². The minimum absolute atomic E-state index is 0.0601. The fraction of sp³-hybridized carbons (Fsp3) is 0.0833. The summed E-state index contributed by atoms with van der Waals surface area (Å²) in [5.74, 6) is -0.308. The highest BCUT2D eigenvalue weighted by Crippen LogP contribution is 2.39. The molecule has 3 aromatic carbocycles. The number of carbonyl (C=O) groups is 1. The number of anilines is 2.